The predicted molar refractivity (Wildman–Crippen MR) is 87.8 cm³/mol. The second kappa shape index (κ2) is 8.48. The first kappa shape index (κ1) is 16.4. The molecule has 0 aliphatic heterocycles. The minimum atomic E-state index is -0.382. The third-order valence-electron chi connectivity index (χ3n) is 3.17. The van der Waals surface area contributed by atoms with E-state index in [9.17, 15) is 9.59 Å². The number of carbonyl (C=O) groups is 2. The highest BCUT2D eigenvalue weighted by Gasteiger charge is 2.03. The first-order valence-electron chi connectivity index (χ1n) is 7.23. The minimum Gasteiger partial charge on any atom is -0.465 e. The highest BCUT2D eigenvalue weighted by Crippen LogP contribution is 2.07. The summed E-state index contributed by atoms with van der Waals surface area (Å²) < 4.78 is 4.63. The number of rotatable bonds is 6. The minimum absolute atomic E-state index is 0.169. The van der Waals surface area contributed by atoms with Crippen LogP contribution < -0.4 is 5.32 Å². The molecule has 5 nitrogen and oxygen atoms in total. The number of hydrogen-bond acceptors (Lipinski definition) is 4. The van der Waals surface area contributed by atoms with E-state index in [2.05, 4.69) is 15.0 Å². The molecule has 2 rings (SSSR count). The summed E-state index contributed by atoms with van der Waals surface area (Å²) >= 11 is 0. The van der Waals surface area contributed by atoms with Crippen molar-refractivity contribution in [3.8, 4) is 0 Å². The number of methoxy groups -OCH3 is 1. The third-order valence-corrected chi connectivity index (χ3v) is 3.17. The maximum absolute atomic E-state index is 11.7. The van der Waals surface area contributed by atoms with Gasteiger partial charge in [0.1, 0.15) is 0 Å². The molecular weight excluding hydrogens is 292 g/mol. The lowest BCUT2D eigenvalue weighted by atomic mass is 10.1. The number of benzene rings is 1. The van der Waals surface area contributed by atoms with Crippen LogP contribution in [0.3, 0.4) is 0 Å². The lowest BCUT2D eigenvalue weighted by Crippen LogP contribution is -2.23. The Kier molecular flexibility index (Phi) is 6.06. The van der Waals surface area contributed by atoms with E-state index in [0.717, 1.165) is 11.3 Å². The number of ether oxygens (including phenoxy) is 1. The molecule has 5 heteroatoms. The Balaban J connectivity index is 1.80. The molecule has 23 heavy (non-hydrogen) atoms. The largest absolute Gasteiger partial charge is 0.465 e. The molecule has 0 aliphatic carbocycles. The van der Waals surface area contributed by atoms with Crippen LogP contribution in [0, 0.1) is 0 Å². The SMILES string of the molecule is COC(=O)c1ccc(/C=C/C(=O)NCCc2ccccn2)cc1. The summed E-state index contributed by atoms with van der Waals surface area (Å²) in [4.78, 5) is 27.2. The first-order chi connectivity index (χ1) is 11.2. The van der Waals surface area contributed by atoms with E-state index < -0.39 is 0 Å². The van der Waals surface area contributed by atoms with Gasteiger partial charge in [-0.1, -0.05) is 18.2 Å². The summed E-state index contributed by atoms with van der Waals surface area (Å²) in [7, 11) is 1.34. The van der Waals surface area contributed by atoms with E-state index in [1.807, 2.05) is 18.2 Å². The average Bonchev–Trinajstić information content (AvgIpc) is 2.60. The molecule has 0 bridgehead atoms. The van der Waals surface area contributed by atoms with Gasteiger partial charge in [-0.2, -0.15) is 0 Å². The maximum Gasteiger partial charge on any atom is 0.337 e. The molecule has 1 amide bonds. The molecule has 0 saturated carbocycles. The van der Waals surface area contributed by atoms with E-state index >= 15 is 0 Å². The zero-order chi connectivity index (χ0) is 16.5. The standard InChI is InChI=1S/C18H18N2O3/c1-23-18(22)15-8-5-14(6-9-15)7-10-17(21)20-13-11-16-4-2-3-12-19-16/h2-10,12H,11,13H2,1H3,(H,20,21)/b10-7+. The monoisotopic (exact) mass is 310 g/mol. The molecule has 1 heterocycles. The van der Waals surface area contributed by atoms with Gasteiger partial charge in [0.25, 0.3) is 0 Å². The fourth-order valence-electron chi connectivity index (χ4n) is 1.94. The second-order valence-corrected chi connectivity index (χ2v) is 4.81. The Bertz CT molecular complexity index is 679. The van der Waals surface area contributed by atoms with Gasteiger partial charge in [0.05, 0.1) is 12.7 Å². The van der Waals surface area contributed by atoms with Crippen molar-refractivity contribution in [1.29, 1.82) is 0 Å². The quantitative estimate of drug-likeness (QED) is 0.656. The van der Waals surface area contributed by atoms with E-state index in [-0.39, 0.29) is 11.9 Å². The molecule has 0 atom stereocenters. The maximum atomic E-state index is 11.7. The van der Waals surface area contributed by atoms with Gasteiger partial charge in [-0.15, -0.1) is 0 Å². The van der Waals surface area contributed by atoms with Crippen molar-refractivity contribution in [2.75, 3.05) is 13.7 Å². The van der Waals surface area contributed by atoms with E-state index in [0.29, 0.717) is 18.5 Å². The molecule has 0 unspecified atom stereocenters. The number of esters is 1. The molecule has 2 aromatic rings. The van der Waals surface area contributed by atoms with Crippen molar-refractivity contribution in [3.63, 3.8) is 0 Å². The van der Waals surface area contributed by atoms with Crippen LogP contribution in [-0.2, 0) is 16.0 Å². The Morgan fingerprint density at radius 1 is 1.17 bits per heavy atom. The fourth-order valence-corrected chi connectivity index (χ4v) is 1.94. The van der Waals surface area contributed by atoms with Gasteiger partial charge in [0.15, 0.2) is 0 Å². The lowest BCUT2D eigenvalue weighted by Gasteiger charge is -2.02. The highest BCUT2D eigenvalue weighted by atomic mass is 16.5. The van der Waals surface area contributed by atoms with Gasteiger partial charge in [0.2, 0.25) is 5.91 Å². The Hall–Kier alpha value is -2.95. The van der Waals surface area contributed by atoms with E-state index in [1.165, 1.54) is 13.2 Å². The Morgan fingerprint density at radius 3 is 2.61 bits per heavy atom. The Labute approximate surface area is 135 Å². The van der Waals surface area contributed by atoms with Crippen LogP contribution in [0.5, 0.6) is 0 Å². The molecule has 1 N–H and O–H groups in total. The first-order valence-corrected chi connectivity index (χ1v) is 7.23. The molecule has 1 aromatic carbocycles. The molecule has 0 aliphatic rings. The molecule has 0 radical (unpaired) electrons. The number of aromatic nitrogens is 1. The van der Waals surface area contributed by atoms with Crippen molar-refractivity contribution in [2.45, 2.75) is 6.42 Å². The molecule has 0 saturated heterocycles. The summed E-state index contributed by atoms with van der Waals surface area (Å²) in [5.74, 6) is -0.550. The number of amides is 1. The smallest absolute Gasteiger partial charge is 0.337 e. The number of nitrogens with zero attached hydrogens (tertiary/aromatic N) is 1. The van der Waals surface area contributed by atoms with Gasteiger partial charge in [-0.3, -0.25) is 9.78 Å². The van der Waals surface area contributed by atoms with Crippen LogP contribution in [-0.4, -0.2) is 30.5 Å². The van der Waals surface area contributed by atoms with Gasteiger partial charge >= 0.3 is 5.97 Å². The second-order valence-electron chi connectivity index (χ2n) is 4.81. The highest BCUT2D eigenvalue weighted by molar-refractivity contribution is 5.92. The van der Waals surface area contributed by atoms with E-state index in [1.54, 1.807) is 36.5 Å². The van der Waals surface area contributed by atoms with Crippen molar-refractivity contribution in [2.24, 2.45) is 0 Å². The Morgan fingerprint density at radius 2 is 1.96 bits per heavy atom. The van der Waals surface area contributed by atoms with Gasteiger partial charge in [-0.05, 0) is 35.9 Å². The normalized spacial score (nSPS) is 10.5. The molecule has 0 spiro atoms. The predicted octanol–water partition coefficient (Wildman–Crippen LogP) is 2.24. The third kappa shape index (κ3) is 5.39. The number of carbonyl (C=O) groups excluding carboxylic acids is 2. The van der Waals surface area contributed by atoms with Crippen molar-refractivity contribution in [1.82, 2.24) is 10.3 Å². The van der Waals surface area contributed by atoms with Gasteiger partial charge < -0.3 is 10.1 Å². The molecule has 118 valence electrons. The van der Waals surface area contributed by atoms with Gasteiger partial charge in [-0.25, -0.2) is 4.79 Å². The summed E-state index contributed by atoms with van der Waals surface area (Å²) in [5, 5.41) is 2.80. The molecule has 0 fully saturated rings. The summed E-state index contributed by atoms with van der Waals surface area (Å²) in [6.45, 7) is 0.529. The van der Waals surface area contributed by atoms with Crippen LogP contribution in [0.15, 0.2) is 54.7 Å². The van der Waals surface area contributed by atoms with Crippen molar-refractivity contribution in [3.05, 3.63) is 71.6 Å². The van der Waals surface area contributed by atoms with Crippen LogP contribution in [0.2, 0.25) is 0 Å². The molecule has 1 aromatic heterocycles. The average molecular weight is 310 g/mol. The number of hydrogen-bond donors (Lipinski definition) is 1. The van der Waals surface area contributed by atoms with Crippen LogP contribution in [0.1, 0.15) is 21.6 Å². The van der Waals surface area contributed by atoms with Crippen LogP contribution in [0.25, 0.3) is 6.08 Å². The zero-order valence-corrected chi connectivity index (χ0v) is 12.9. The molecular formula is C18H18N2O3. The van der Waals surface area contributed by atoms with Gasteiger partial charge in [0, 0.05) is 30.9 Å². The summed E-state index contributed by atoms with van der Waals surface area (Å²) in [5.41, 5.74) is 2.25. The number of nitrogens with one attached hydrogen (secondary N) is 1. The zero-order valence-electron chi connectivity index (χ0n) is 12.9. The van der Waals surface area contributed by atoms with Crippen molar-refractivity contribution < 1.29 is 14.3 Å². The van der Waals surface area contributed by atoms with Crippen LogP contribution in [0.4, 0.5) is 0 Å². The fraction of sp³-hybridized carbons (Fsp3) is 0.167. The summed E-state index contributed by atoms with van der Waals surface area (Å²) in [6.07, 6.45) is 5.58. The van der Waals surface area contributed by atoms with Crippen molar-refractivity contribution >= 4 is 18.0 Å². The lowest BCUT2D eigenvalue weighted by molar-refractivity contribution is -0.116. The topological polar surface area (TPSA) is 68.3 Å². The summed E-state index contributed by atoms with van der Waals surface area (Å²) in [6, 6.07) is 12.5. The van der Waals surface area contributed by atoms with E-state index in [4.69, 9.17) is 0 Å². The number of pyridine rings is 1. The van der Waals surface area contributed by atoms with Crippen LogP contribution >= 0.6 is 0 Å².